The number of anilines is 2. The molecule has 0 spiro atoms. The molecule has 0 aliphatic carbocycles. The summed E-state index contributed by atoms with van der Waals surface area (Å²) in [6.45, 7) is 1.86. The van der Waals surface area contributed by atoms with Gasteiger partial charge in [-0.1, -0.05) is 30.7 Å². The number of hydrogen-bond acceptors (Lipinski definition) is 6. The molecule has 4 N–H and O–H groups in total. The number of halogens is 3. The summed E-state index contributed by atoms with van der Waals surface area (Å²) in [5.41, 5.74) is 10.9. The normalized spacial score (nSPS) is 10.3. The van der Waals surface area contributed by atoms with Crippen molar-refractivity contribution in [3.05, 3.63) is 86.9 Å². The highest BCUT2D eigenvalue weighted by atomic mass is 35.5. The van der Waals surface area contributed by atoms with Crippen LogP contribution < -0.4 is 17.0 Å². The fraction of sp³-hybridized carbons (Fsp3) is 0.0909. The molecule has 0 saturated heterocycles. The molecule has 0 amide bonds. The molecule has 0 radical (unpaired) electrons. The van der Waals surface area contributed by atoms with Crippen LogP contribution in [-0.4, -0.2) is 14.5 Å². The summed E-state index contributed by atoms with van der Waals surface area (Å²) in [6, 6.07) is 11.9. The van der Waals surface area contributed by atoms with Crippen LogP contribution in [0.1, 0.15) is 18.2 Å². The standard InChI is InChI=1S/C17H12ClF2NO.C5H5N5/c1-2-12-8-10-4-3-5-13(18)16(10)17(22)21(12)15-7-6-11(19)9-14(15)20;6-1-3-2-9-5(8)10-4(3)7/h3-9H,2H2,1H3;2H,(H4,7,8,9,10). The van der Waals surface area contributed by atoms with Gasteiger partial charge in [-0.15, -0.1) is 0 Å². The molecule has 162 valence electrons. The Kier molecular flexibility index (Phi) is 6.66. The Morgan fingerprint density at radius 3 is 2.56 bits per heavy atom. The Bertz CT molecular complexity index is 1410. The van der Waals surface area contributed by atoms with Gasteiger partial charge in [0, 0.05) is 11.8 Å². The van der Waals surface area contributed by atoms with Crippen LogP contribution in [0.4, 0.5) is 20.5 Å². The van der Waals surface area contributed by atoms with E-state index in [1.165, 1.54) is 16.8 Å². The second-order valence-electron chi connectivity index (χ2n) is 6.57. The van der Waals surface area contributed by atoms with Crippen molar-refractivity contribution in [2.45, 2.75) is 13.3 Å². The first-order valence-corrected chi connectivity index (χ1v) is 9.71. The van der Waals surface area contributed by atoms with E-state index in [0.29, 0.717) is 27.9 Å². The van der Waals surface area contributed by atoms with Crippen LogP contribution in [0.25, 0.3) is 16.5 Å². The van der Waals surface area contributed by atoms with Gasteiger partial charge in [0.1, 0.15) is 29.1 Å². The van der Waals surface area contributed by atoms with Crippen molar-refractivity contribution in [1.82, 2.24) is 14.5 Å². The van der Waals surface area contributed by atoms with Crippen molar-refractivity contribution in [2.24, 2.45) is 0 Å². The molecule has 10 heteroatoms. The van der Waals surface area contributed by atoms with E-state index in [1.54, 1.807) is 24.3 Å². The number of aryl methyl sites for hydroxylation is 1. The molecule has 7 nitrogen and oxygen atoms in total. The maximum Gasteiger partial charge on any atom is 0.264 e. The van der Waals surface area contributed by atoms with Crippen molar-refractivity contribution in [2.75, 3.05) is 11.5 Å². The second kappa shape index (κ2) is 9.41. The minimum atomic E-state index is -0.789. The van der Waals surface area contributed by atoms with Crippen LogP contribution in [-0.2, 0) is 6.42 Å². The minimum Gasteiger partial charge on any atom is -0.382 e. The highest BCUT2D eigenvalue weighted by molar-refractivity contribution is 6.35. The maximum atomic E-state index is 14.1. The van der Waals surface area contributed by atoms with E-state index in [0.717, 1.165) is 12.1 Å². The SMILES string of the molecule is CCc1cc2cccc(Cl)c2c(=O)n1-c1ccc(F)cc1F.N#Cc1cnc(N)nc1N. The van der Waals surface area contributed by atoms with Crippen LogP contribution in [0.5, 0.6) is 0 Å². The third-order valence-corrected chi connectivity index (χ3v) is 4.86. The van der Waals surface area contributed by atoms with Gasteiger partial charge in [0.15, 0.2) is 0 Å². The van der Waals surface area contributed by atoms with E-state index in [1.807, 2.05) is 13.0 Å². The van der Waals surface area contributed by atoms with Crippen LogP contribution >= 0.6 is 11.6 Å². The number of nitrogen functional groups attached to an aromatic ring is 2. The lowest BCUT2D eigenvalue weighted by Crippen LogP contribution is -2.23. The molecule has 0 fully saturated rings. The van der Waals surface area contributed by atoms with Gasteiger partial charge in [0.2, 0.25) is 5.95 Å². The quantitative estimate of drug-likeness (QED) is 0.472. The van der Waals surface area contributed by atoms with Crippen molar-refractivity contribution >= 4 is 34.1 Å². The smallest absolute Gasteiger partial charge is 0.264 e. The molecule has 0 atom stereocenters. The molecule has 0 bridgehead atoms. The van der Waals surface area contributed by atoms with Gasteiger partial charge in [-0.25, -0.2) is 13.8 Å². The largest absolute Gasteiger partial charge is 0.382 e. The Morgan fingerprint density at radius 1 is 1.19 bits per heavy atom. The van der Waals surface area contributed by atoms with E-state index < -0.39 is 17.2 Å². The summed E-state index contributed by atoms with van der Waals surface area (Å²) in [6.07, 6.45) is 1.81. The van der Waals surface area contributed by atoms with Gasteiger partial charge in [0.25, 0.3) is 5.56 Å². The van der Waals surface area contributed by atoms with Gasteiger partial charge >= 0.3 is 0 Å². The topological polar surface area (TPSA) is 124 Å². The summed E-state index contributed by atoms with van der Waals surface area (Å²) in [5, 5.41) is 9.69. The average Bonchev–Trinajstić information content (AvgIpc) is 2.75. The Hall–Kier alpha value is -4.03. The maximum absolute atomic E-state index is 14.1. The first-order chi connectivity index (χ1) is 15.3. The fourth-order valence-electron chi connectivity index (χ4n) is 3.06. The zero-order chi connectivity index (χ0) is 23.4. The number of nitriles is 1. The highest BCUT2D eigenvalue weighted by Crippen LogP contribution is 2.24. The summed E-state index contributed by atoms with van der Waals surface area (Å²) >= 11 is 6.12. The lowest BCUT2D eigenvalue weighted by atomic mass is 10.1. The van der Waals surface area contributed by atoms with Gasteiger partial charge < -0.3 is 11.5 Å². The number of nitrogens with two attached hydrogens (primary N) is 2. The summed E-state index contributed by atoms with van der Waals surface area (Å²) < 4.78 is 28.5. The molecule has 0 aliphatic heterocycles. The number of fused-ring (bicyclic) bond motifs is 1. The predicted molar refractivity (Wildman–Crippen MR) is 119 cm³/mol. The van der Waals surface area contributed by atoms with Crippen LogP contribution in [0.3, 0.4) is 0 Å². The Labute approximate surface area is 186 Å². The number of pyridine rings is 1. The van der Waals surface area contributed by atoms with E-state index in [2.05, 4.69) is 9.97 Å². The molecule has 4 aromatic rings. The number of hydrogen-bond donors (Lipinski definition) is 2. The van der Waals surface area contributed by atoms with Crippen molar-refractivity contribution < 1.29 is 8.78 Å². The Morgan fingerprint density at radius 2 is 1.94 bits per heavy atom. The van der Waals surface area contributed by atoms with Gasteiger partial charge in [-0.05, 0) is 36.1 Å². The van der Waals surface area contributed by atoms with E-state index in [-0.39, 0.29) is 23.0 Å². The highest BCUT2D eigenvalue weighted by Gasteiger charge is 2.15. The van der Waals surface area contributed by atoms with Crippen LogP contribution in [0.2, 0.25) is 5.02 Å². The summed E-state index contributed by atoms with van der Waals surface area (Å²) in [4.78, 5) is 19.9. The van der Waals surface area contributed by atoms with Crippen LogP contribution in [0, 0.1) is 23.0 Å². The molecule has 2 aromatic heterocycles. The van der Waals surface area contributed by atoms with Crippen LogP contribution in [0.15, 0.2) is 53.5 Å². The molecular weight excluding hydrogens is 438 g/mol. The lowest BCUT2D eigenvalue weighted by Gasteiger charge is -2.14. The fourth-order valence-corrected chi connectivity index (χ4v) is 3.32. The zero-order valence-corrected chi connectivity index (χ0v) is 17.6. The summed E-state index contributed by atoms with van der Waals surface area (Å²) in [7, 11) is 0. The van der Waals surface area contributed by atoms with E-state index >= 15 is 0 Å². The number of rotatable bonds is 2. The molecule has 32 heavy (non-hydrogen) atoms. The van der Waals surface area contributed by atoms with Crippen molar-refractivity contribution in [1.29, 1.82) is 5.26 Å². The minimum absolute atomic E-state index is 0.0186. The van der Waals surface area contributed by atoms with Crippen molar-refractivity contribution in [3.63, 3.8) is 0 Å². The second-order valence-corrected chi connectivity index (χ2v) is 6.98. The predicted octanol–water partition coefficient (Wildman–Crippen LogP) is 4.00. The first kappa shape index (κ1) is 22.7. The van der Waals surface area contributed by atoms with Crippen molar-refractivity contribution in [3.8, 4) is 11.8 Å². The monoisotopic (exact) mass is 454 g/mol. The molecule has 2 aromatic carbocycles. The van der Waals surface area contributed by atoms with Gasteiger partial charge in [-0.2, -0.15) is 10.2 Å². The van der Waals surface area contributed by atoms with Gasteiger partial charge in [-0.3, -0.25) is 9.36 Å². The van der Waals surface area contributed by atoms with E-state index in [4.69, 9.17) is 28.3 Å². The van der Waals surface area contributed by atoms with E-state index in [9.17, 15) is 13.6 Å². The molecule has 0 aliphatic rings. The average molecular weight is 455 g/mol. The number of aromatic nitrogens is 3. The zero-order valence-electron chi connectivity index (χ0n) is 16.8. The molecular formula is C22H17ClF2N6O. The Balaban J connectivity index is 0.000000243. The molecule has 4 rings (SSSR count). The molecule has 0 saturated carbocycles. The number of nitrogens with zero attached hydrogens (tertiary/aromatic N) is 4. The number of benzene rings is 2. The van der Waals surface area contributed by atoms with Gasteiger partial charge in [0.05, 0.1) is 22.3 Å². The third kappa shape index (κ3) is 4.50. The summed E-state index contributed by atoms with van der Waals surface area (Å²) in [5.74, 6) is -1.28. The lowest BCUT2D eigenvalue weighted by molar-refractivity contribution is 0.575. The first-order valence-electron chi connectivity index (χ1n) is 9.33. The molecule has 2 heterocycles. The molecule has 0 unspecified atom stereocenters. The third-order valence-electron chi connectivity index (χ3n) is 4.54.